The van der Waals surface area contributed by atoms with Gasteiger partial charge in [-0.2, -0.15) is 0 Å². The zero-order valence-corrected chi connectivity index (χ0v) is 11.0. The summed E-state index contributed by atoms with van der Waals surface area (Å²) < 4.78 is 0. The van der Waals surface area contributed by atoms with Crippen molar-refractivity contribution in [2.24, 2.45) is 5.92 Å². The third-order valence-corrected chi connectivity index (χ3v) is 4.00. The molecule has 1 atom stereocenters. The van der Waals surface area contributed by atoms with Gasteiger partial charge in [0, 0.05) is 0 Å². The summed E-state index contributed by atoms with van der Waals surface area (Å²) in [6, 6.07) is 8.74. The van der Waals surface area contributed by atoms with Crippen LogP contribution in [0.1, 0.15) is 43.7 Å². The van der Waals surface area contributed by atoms with Crippen LogP contribution in [-0.4, -0.2) is 13.1 Å². The van der Waals surface area contributed by atoms with Gasteiger partial charge in [-0.3, -0.25) is 0 Å². The van der Waals surface area contributed by atoms with Crippen LogP contribution in [0.3, 0.4) is 0 Å². The summed E-state index contributed by atoms with van der Waals surface area (Å²) in [7, 11) is 0. The van der Waals surface area contributed by atoms with Gasteiger partial charge in [-0.1, -0.05) is 43.3 Å². The van der Waals surface area contributed by atoms with Crippen molar-refractivity contribution in [3.8, 4) is 0 Å². The van der Waals surface area contributed by atoms with Crippen LogP contribution in [0.25, 0.3) is 5.57 Å². The summed E-state index contributed by atoms with van der Waals surface area (Å²) in [6.45, 7) is 10.9. The molecule has 17 heavy (non-hydrogen) atoms. The van der Waals surface area contributed by atoms with Crippen molar-refractivity contribution in [1.82, 2.24) is 5.32 Å². The molecule has 0 radical (unpaired) electrons. The van der Waals surface area contributed by atoms with Crippen molar-refractivity contribution in [2.75, 3.05) is 13.1 Å². The Kier molecular flexibility index (Phi) is 4.01. The summed E-state index contributed by atoms with van der Waals surface area (Å²) in [5.74, 6) is 1.46. The Morgan fingerprint density at radius 2 is 1.94 bits per heavy atom. The van der Waals surface area contributed by atoms with Crippen molar-refractivity contribution in [3.63, 3.8) is 0 Å². The summed E-state index contributed by atoms with van der Waals surface area (Å²) in [4.78, 5) is 0. The van der Waals surface area contributed by atoms with Gasteiger partial charge in [0.15, 0.2) is 0 Å². The van der Waals surface area contributed by atoms with Gasteiger partial charge in [-0.05, 0) is 55.8 Å². The van der Waals surface area contributed by atoms with E-state index in [0.717, 1.165) is 5.92 Å². The van der Waals surface area contributed by atoms with Gasteiger partial charge in [0.1, 0.15) is 0 Å². The average Bonchev–Trinajstić information content (AvgIpc) is 2.39. The third kappa shape index (κ3) is 2.78. The van der Waals surface area contributed by atoms with Crippen molar-refractivity contribution in [1.29, 1.82) is 0 Å². The molecule has 0 amide bonds. The van der Waals surface area contributed by atoms with E-state index in [0.29, 0.717) is 5.92 Å². The molecule has 1 nitrogen and oxygen atoms in total. The molecule has 1 aromatic carbocycles. The highest BCUT2D eigenvalue weighted by Gasteiger charge is 2.22. The normalized spacial score (nSPS) is 18.9. The van der Waals surface area contributed by atoms with E-state index in [1.165, 1.54) is 42.6 Å². The molecular formula is C16H23N. The first-order chi connectivity index (χ1) is 8.20. The Bertz CT molecular complexity index is 388. The van der Waals surface area contributed by atoms with Crippen LogP contribution in [0.5, 0.6) is 0 Å². The number of nitrogens with one attached hydrogen (secondary N) is 1. The zero-order valence-electron chi connectivity index (χ0n) is 11.0. The second-order valence-electron chi connectivity index (χ2n) is 5.24. The van der Waals surface area contributed by atoms with E-state index in [2.05, 4.69) is 50.0 Å². The molecule has 1 aliphatic heterocycles. The number of hydrogen-bond donors (Lipinski definition) is 1. The molecule has 1 unspecified atom stereocenters. The van der Waals surface area contributed by atoms with Crippen molar-refractivity contribution in [2.45, 2.75) is 32.6 Å². The van der Waals surface area contributed by atoms with Crippen LogP contribution in [0.4, 0.5) is 0 Å². The molecule has 0 spiro atoms. The molecule has 1 heteroatoms. The first-order valence-electron chi connectivity index (χ1n) is 6.65. The fourth-order valence-electron chi connectivity index (χ4n) is 2.88. The fraction of sp³-hybridized carbons (Fsp3) is 0.500. The summed E-state index contributed by atoms with van der Waals surface area (Å²) >= 11 is 0. The van der Waals surface area contributed by atoms with E-state index >= 15 is 0 Å². The van der Waals surface area contributed by atoms with Crippen LogP contribution >= 0.6 is 0 Å². The van der Waals surface area contributed by atoms with Crippen LogP contribution < -0.4 is 5.32 Å². The molecule has 0 bridgehead atoms. The number of hydrogen-bond acceptors (Lipinski definition) is 1. The maximum absolute atomic E-state index is 4.10. The first-order valence-corrected chi connectivity index (χ1v) is 6.65. The van der Waals surface area contributed by atoms with Gasteiger partial charge in [-0.25, -0.2) is 0 Å². The average molecular weight is 229 g/mol. The van der Waals surface area contributed by atoms with Gasteiger partial charge < -0.3 is 5.32 Å². The monoisotopic (exact) mass is 229 g/mol. The molecule has 1 heterocycles. The van der Waals surface area contributed by atoms with Crippen molar-refractivity contribution < 1.29 is 0 Å². The van der Waals surface area contributed by atoms with Gasteiger partial charge in [0.2, 0.25) is 0 Å². The predicted octanol–water partition coefficient (Wildman–Crippen LogP) is 3.82. The number of allylic oxidation sites excluding steroid dienone is 1. The molecule has 2 rings (SSSR count). The topological polar surface area (TPSA) is 12.0 Å². The van der Waals surface area contributed by atoms with E-state index < -0.39 is 0 Å². The Morgan fingerprint density at radius 3 is 2.59 bits per heavy atom. The standard InChI is InChI=1S/C16H23N/c1-12(2)15-6-4-5-7-16(15)13(3)14-8-10-17-11-9-14/h4-7,13-14,17H,1,8-11H2,2-3H3. The Labute approximate surface area is 105 Å². The summed E-state index contributed by atoms with van der Waals surface area (Å²) in [5.41, 5.74) is 4.01. The highest BCUT2D eigenvalue weighted by atomic mass is 14.9. The molecule has 1 saturated heterocycles. The number of benzene rings is 1. The quantitative estimate of drug-likeness (QED) is 0.830. The summed E-state index contributed by atoms with van der Waals surface area (Å²) in [5, 5.41) is 3.44. The smallest absolute Gasteiger partial charge is 0.00461 e. The van der Waals surface area contributed by atoms with Gasteiger partial charge in [-0.15, -0.1) is 0 Å². The Hall–Kier alpha value is -1.08. The van der Waals surface area contributed by atoms with Crippen molar-refractivity contribution >= 4 is 5.57 Å². The maximum atomic E-state index is 4.10. The molecule has 92 valence electrons. The highest BCUT2D eigenvalue weighted by Crippen LogP contribution is 2.34. The Balaban J connectivity index is 2.23. The SMILES string of the molecule is C=C(C)c1ccccc1C(C)C1CCNCC1. The largest absolute Gasteiger partial charge is 0.317 e. The molecule has 1 aromatic rings. The van der Waals surface area contributed by atoms with Crippen LogP contribution in [0.2, 0.25) is 0 Å². The molecule has 1 N–H and O–H groups in total. The van der Waals surface area contributed by atoms with E-state index in [1.807, 2.05) is 0 Å². The molecule has 0 aliphatic carbocycles. The highest BCUT2D eigenvalue weighted by molar-refractivity contribution is 5.65. The molecular weight excluding hydrogens is 206 g/mol. The summed E-state index contributed by atoms with van der Waals surface area (Å²) in [6.07, 6.45) is 2.59. The first kappa shape index (κ1) is 12.4. The van der Waals surface area contributed by atoms with Crippen LogP contribution in [0.15, 0.2) is 30.8 Å². The van der Waals surface area contributed by atoms with Gasteiger partial charge in [0.05, 0.1) is 0 Å². The lowest BCUT2D eigenvalue weighted by Gasteiger charge is -2.29. The van der Waals surface area contributed by atoms with Crippen LogP contribution in [-0.2, 0) is 0 Å². The Morgan fingerprint density at radius 1 is 1.29 bits per heavy atom. The maximum Gasteiger partial charge on any atom is -0.00461 e. The number of piperidine rings is 1. The van der Waals surface area contributed by atoms with E-state index in [9.17, 15) is 0 Å². The minimum atomic E-state index is 0.644. The lowest BCUT2D eigenvalue weighted by Crippen LogP contribution is -2.30. The van der Waals surface area contributed by atoms with E-state index in [-0.39, 0.29) is 0 Å². The second-order valence-corrected chi connectivity index (χ2v) is 5.24. The molecule has 1 fully saturated rings. The third-order valence-electron chi connectivity index (χ3n) is 4.00. The number of rotatable bonds is 3. The minimum absolute atomic E-state index is 0.644. The predicted molar refractivity (Wildman–Crippen MR) is 75.2 cm³/mol. The fourth-order valence-corrected chi connectivity index (χ4v) is 2.88. The second kappa shape index (κ2) is 5.50. The molecule has 1 aliphatic rings. The lowest BCUT2D eigenvalue weighted by atomic mass is 9.79. The minimum Gasteiger partial charge on any atom is -0.317 e. The van der Waals surface area contributed by atoms with E-state index in [1.54, 1.807) is 0 Å². The van der Waals surface area contributed by atoms with Crippen LogP contribution in [0, 0.1) is 5.92 Å². The van der Waals surface area contributed by atoms with E-state index in [4.69, 9.17) is 0 Å². The zero-order chi connectivity index (χ0) is 12.3. The molecule has 0 saturated carbocycles. The van der Waals surface area contributed by atoms with Gasteiger partial charge in [0.25, 0.3) is 0 Å². The lowest BCUT2D eigenvalue weighted by molar-refractivity contribution is 0.330. The van der Waals surface area contributed by atoms with Gasteiger partial charge >= 0.3 is 0 Å². The molecule has 0 aromatic heterocycles. The van der Waals surface area contributed by atoms with Crippen molar-refractivity contribution in [3.05, 3.63) is 42.0 Å².